The van der Waals surface area contributed by atoms with E-state index in [1.54, 1.807) is 0 Å². The van der Waals surface area contributed by atoms with Gasteiger partial charge in [-0.05, 0) is 30.9 Å². The van der Waals surface area contributed by atoms with Gasteiger partial charge >= 0.3 is 0 Å². The Kier molecular flexibility index (Phi) is 11.6. The van der Waals surface area contributed by atoms with Crippen LogP contribution in [0.2, 0.25) is 0 Å². The zero-order chi connectivity index (χ0) is 14.5. The zero-order valence-electron chi connectivity index (χ0n) is 13.0. The van der Waals surface area contributed by atoms with Crippen molar-refractivity contribution in [2.45, 2.75) is 45.6 Å². The van der Waals surface area contributed by atoms with E-state index in [4.69, 9.17) is 4.74 Å². The topological polar surface area (TPSA) is 21.3 Å². The van der Waals surface area contributed by atoms with Gasteiger partial charge in [0.25, 0.3) is 0 Å². The molecule has 0 aliphatic rings. The van der Waals surface area contributed by atoms with E-state index < -0.39 is 0 Å². The summed E-state index contributed by atoms with van der Waals surface area (Å²) in [6, 6.07) is 0. The molecular weight excluding hydrogens is 234 g/mol. The fraction of sp³-hybridized carbons (Fsp3) is 0.647. The second-order valence-corrected chi connectivity index (χ2v) is 4.84. The van der Waals surface area contributed by atoms with E-state index in [-0.39, 0.29) is 0 Å². The Balaban J connectivity index is 3.86. The van der Waals surface area contributed by atoms with Crippen LogP contribution in [0.1, 0.15) is 39.5 Å². The summed E-state index contributed by atoms with van der Waals surface area (Å²) in [5.41, 5.74) is 1.25. The molecule has 2 nitrogen and oxygen atoms in total. The molecule has 0 heterocycles. The number of rotatable bonds is 12. The first kappa shape index (κ1) is 18.1. The molecule has 19 heavy (non-hydrogen) atoms. The minimum absolute atomic E-state index is 0.331. The average molecular weight is 265 g/mol. The fourth-order valence-electron chi connectivity index (χ4n) is 2.32. The molecule has 0 radical (unpaired) electrons. The lowest BCUT2D eigenvalue weighted by Crippen LogP contribution is -2.34. The highest BCUT2D eigenvalue weighted by Crippen LogP contribution is 2.15. The van der Waals surface area contributed by atoms with E-state index >= 15 is 0 Å². The maximum Gasteiger partial charge on any atom is 0.0723 e. The van der Waals surface area contributed by atoms with Gasteiger partial charge < -0.3 is 10.1 Å². The van der Waals surface area contributed by atoms with Crippen molar-refractivity contribution in [2.24, 2.45) is 5.92 Å². The van der Waals surface area contributed by atoms with E-state index in [9.17, 15) is 0 Å². The van der Waals surface area contributed by atoms with E-state index in [1.165, 1.54) is 18.4 Å². The Morgan fingerprint density at radius 1 is 1.26 bits per heavy atom. The maximum atomic E-state index is 5.58. The van der Waals surface area contributed by atoms with Crippen LogP contribution in [-0.2, 0) is 4.74 Å². The summed E-state index contributed by atoms with van der Waals surface area (Å²) in [6.07, 6.45) is 10.6. The maximum absolute atomic E-state index is 5.58. The van der Waals surface area contributed by atoms with Gasteiger partial charge in [-0.25, -0.2) is 0 Å². The van der Waals surface area contributed by atoms with Gasteiger partial charge in [-0.2, -0.15) is 0 Å². The van der Waals surface area contributed by atoms with Crippen molar-refractivity contribution in [1.29, 1.82) is 0 Å². The van der Waals surface area contributed by atoms with Crippen LogP contribution in [0, 0.1) is 5.92 Å². The summed E-state index contributed by atoms with van der Waals surface area (Å²) in [5.74, 6) is 0.655. The van der Waals surface area contributed by atoms with Gasteiger partial charge in [-0.3, -0.25) is 0 Å². The lowest BCUT2D eigenvalue weighted by Gasteiger charge is -2.24. The summed E-state index contributed by atoms with van der Waals surface area (Å²) < 4.78 is 5.58. The third-order valence-corrected chi connectivity index (χ3v) is 3.64. The number of methoxy groups -OCH3 is 1. The van der Waals surface area contributed by atoms with Gasteiger partial charge in [0, 0.05) is 13.7 Å². The van der Waals surface area contributed by atoms with Crippen LogP contribution in [-0.4, -0.2) is 26.3 Å². The first-order chi connectivity index (χ1) is 9.23. The Hall–Kier alpha value is -0.860. The highest BCUT2D eigenvalue weighted by Gasteiger charge is 2.16. The lowest BCUT2D eigenvalue weighted by molar-refractivity contribution is 0.0488. The molecule has 0 rings (SSSR count). The van der Waals surface area contributed by atoms with E-state index in [2.05, 4.69) is 32.3 Å². The van der Waals surface area contributed by atoms with E-state index in [0.717, 1.165) is 25.9 Å². The molecule has 0 aromatic heterocycles. The molecule has 0 aromatic carbocycles. The molecule has 0 unspecified atom stereocenters. The molecule has 1 atom stereocenters. The van der Waals surface area contributed by atoms with Crippen LogP contribution in [0.25, 0.3) is 0 Å². The third kappa shape index (κ3) is 8.02. The van der Waals surface area contributed by atoms with Gasteiger partial charge in [-0.15, -0.1) is 0 Å². The van der Waals surface area contributed by atoms with Gasteiger partial charge in [0.15, 0.2) is 0 Å². The second-order valence-electron chi connectivity index (χ2n) is 4.84. The highest BCUT2D eigenvalue weighted by atomic mass is 16.5. The molecule has 0 aliphatic heterocycles. The molecule has 0 fully saturated rings. The molecule has 110 valence electrons. The van der Waals surface area contributed by atoms with Crippen molar-refractivity contribution in [3.05, 3.63) is 37.0 Å². The van der Waals surface area contributed by atoms with Crippen LogP contribution in [0.3, 0.4) is 0 Å². The molecule has 0 aromatic rings. The van der Waals surface area contributed by atoms with Crippen molar-refractivity contribution in [2.75, 3.05) is 20.2 Å². The normalized spacial score (nSPS) is 13.6. The minimum Gasteiger partial charge on any atom is -0.380 e. The van der Waals surface area contributed by atoms with Crippen LogP contribution < -0.4 is 5.32 Å². The number of allylic oxidation sites excluding steroid dienone is 4. The van der Waals surface area contributed by atoms with Gasteiger partial charge in [-0.1, -0.05) is 58.1 Å². The smallest absolute Gasteiger partial charge is 0.0723 e. The second kappa shape index (κ2) is 12.2. The van der Waals surface area contributed by atoms with Crippen molar-refractivity contribution in [3.63, 3.8) is 0 Å². The largest absolute Gasteiger partial charge is 0.380 e. The van der Waals surface area contributed by atoms with Crippen LogP contribution in [0.15, 0.2) is 37.0 Å². The Morgan fingerprint density at radius 2 is 1.95 bits per heavy atom. The molecule has 1 N–H and O–H groups in total. The third-order valence-electron chi connectivity index (χ3n) is 3.64. The van der Waals surface area contributed by atoms with Crippen molar-refractivity contribution < 1.29 is 4.74 Å². The lowest BCUT2D eigenvalue weighted by atomic mass is 9.96. The molecule has 2 heteroatoms. The fourth-order valence-corrected chi connectivity index (χ4v) is 2.32. The Bertz CT molecular complexity index is 266. The number of hydrogen-bond donors (Lipinski definition) is 1. The predicted octanol–water partition coefficient (Wildman–Crippen LogP) is 4.11. The van der Waals surface area contributed by atoms with E-state index in [1.807, 2.05) is 25.3 Å². The van der Waals surface area contributed by atoms with Crippen LogP contribution in [0.4, 0.5) is 0 Å². The molecule has 0 amide bonds. The van der Waals surface area contributed by atoms with Crippen molar-refractivity contribution >= 4 is 0 Å². The number of ether oxygens (including phenoxy) is 1. The molecule has 0 aliphatic carbocycles. The highest BCUT2D eigenvalue weighted by molar-refractivity contribution is 5.20. The summed E-state index contributed by atoms with van der Waals surface area (Å²) in [5, 5.41) is 3.49. The quantitative estimate of drug-likeness (QED) is 0.423. The first-order valence-corrected chi connectivity index (χ1v) is 7.40. The zero-order valence-corrected chi connectivity index (χ0v) is 13.0. The predicted molar refractivity (Wildman–Crippen MR) is 85.4 cm³/mol. The van der Waals surface area contributed by atoms with Gasteiger partial charge in [0.1, 0.15) is 0 Å². The van der Waals surface area contributed by atoms with Crippen molar-refractivity contribution in [3.8, 4) is 0 Å². The first-order valence-electron chi connectivity index (χ1n) is 7.40. The summed E-state index contributed by atoms with van der Waals surface area (Å²) in [7, 11) is 1.81. The molecule has 0 spiro atoms. The van der Waals surface area contributed by atoms with Crippen LogP contribution >= 0.6 is 0 Å². The minimum atomic E-state index is 0.331. The molecular formula is C17H31NO. The summed E-state index contributed by atoms with van der Waals surface area (Å²) >= 11 is 0. The molecule has 0 saturated carbocycles. The van der Waals surface area contributed by atoms with E-state index in [0.29, 0.717) is 12.0 Å². The standard InChI is InChI=1S/C17H31NO/c1-6-11-15(7-2)12-10-13-18-14-17(19-5)16(8-3)9-4/h6-7,11,16-18H,1-2,8-10,12-14H2,3-5H3/b15-11+/t17-/m0/s1. The number of nitrogens with one attached hydrogen (secondary N) is 1. The number of hydrogen-bond acceptors (Lipinski definition) is 2. The molecule has 0 saturated heterocycles. The average Bonchev–Trinajstić information content (AvgIpc) is 2.44. The van der Waals surface area contributed by atoms with Crippen molar-refractivity contribution in [1.82, 2.24) is 5.32 Å². The Morgan fingerprint density at radius 3 is 2.42 bits per heavy atom. The Labute approximate surface area is 119 Å². The summed E-state index contributed by atoms with van der Waals surface area (Å²) in [4.78, 5) is 0. The SMILES string of the molecule is C=C/C=C(\C=C)CCCNC[C@H](OC)C(CC)CC. The van der Waals surface area contributed by atoms with Gasteiger partial charge in [0.05, 0.1) is 6.10 Å². The van der Waals surface area contributed by atoms with Crippen LogP contribution in [0.5, 0.6) is 0 Å². The monoisotopic (exact) mass is 265 g/mol. The summed E-state index contributed by atoms with van der Waals surface area (Å²) in [6.45, 7) is 13.9. The van der Waals surface area contributed by atoms with Gasteiger partial charge in [0.2, 0.25) is 0 Å². The molecule has 0 bridgehead atoms.